The maximum Gasteiger partial charge on any atom is 0.113 e. The van der Waals surface area contributed by atoms with E-state index in [1.165, 1.54) is 10.8 Å². The molecule has 2 heterocycles. The Morgan fingerprint density at radius 2 is 1.78 bits per heavy atom. The molecule has 4 rings (SSSR count). The average molecular weight is 302 g/mol. The normalized spacial score (nSPS) is 12.1. The highest BCUT2D eigenvalue weighted by molar-refractivity contribution is 5.87. The largest absolute Gasteiger partial charge is 0.260 e. The van der Waals surface area contributed by atoms with Crippen molar-refractivity contribution in [3.8, 4) is 5.69 Å². The molecular formula is C19H18N4. The first-order valence-electron chi connectivity index (χ1n) is 7.74. The Labute approximate surface area is 134 Å². The van der Waals surface area contributed by atoms with Gasteiger partial charge in [0.25, 0.3) is 0 Å². The molecule has 4 nitrogen and oxygen atoms in total. The SMILES string of the molecule is CC(C)(C)c1nccc2cc(-n3nnc4ccccc43)ccc12. The molecule has 2 aromatic carbocycles. The Balaban J connectivity index is 1.93. The Bertz CT molecular complexity index is 1010. The Kier molecular flexibility index (Phi) is 2.94. The van der Waals surface area contributed by atoms with Gasteiger partial charge in [0, 0.05) is 17.0 Å². The van der Waals surface area contributed by atoms with Gasteiger partial charge < -0.3 is 0 Å². The number of pyridine rings is 1. The van der Waals surface area contributed by atoms with Crippen molar-refractivity contribution in [1.29, 1.82) is 0 Å². The lowest BCUT2D eigenvalue weighted by Crippen LogP contribution is -2.13. The predicted octanol–water partition coefficient (Wildman–Crippen LogP) is 4.27. The minimum absolute atomic E-state index is 0.0149. The van der Waals surface area contributed by atoms with E-state index in [1.54, 1.807) is 0 Å². The summed E-state index contributed by atoms with van der Waals surface area (Å²) in [6, 6.07) is 16.4. The summed E-state index contributed by atoms with van der Waals surface area (Å²) < 4.78 is 1.88. The van der Waals surface area contributed by atoms with Crippen molar-refractivity contribution in [1.82, 2.24) is 20.0 Å². The second-order valence-electron chi connectivity index (χ2n) is 6.80. The van der Waals surface area contributed by atoms with Gasteiger partial charge in [0.1, 0.15) is 5.52 Å². The molecule has 0 unspecified atom stereocenters. The van der Waals surface area contributed by atoms with Crippen LogP contribution in [-0.4, -0.2) is 20.0 Å². The highest BCUT2D eigenvalue weighted by Gasteiger charge is 2.18. The molecule has 4 heteroatoms. The molecule has 0 aliphatic rings. The lowest BCUT2D eigenvalue weighted by atomic mass is 9.88. The molecule has 0 spiro atoms. The molecule has 0 aliphatic carbocycles. The zero-order valence-electron chi connectivity index (χ0n) is 13.5. The van der Waals surface area contributed by atoms with Crippen LogP contribution in [0.1, 0.15) is 26.5 Å². The molecule has 0 saturated carbocycles. The van der Waals surface area contributed by atoms with Gasteiger partial charge in [-0.25, -0.2) is 4.68 Å². The van der Waals surface area contributed by atoms with Gasteiger partial charge in [-0.3, -0.25) is 4.98 Å². The summed E-state index contributed by atoms with van der Waals surface area (Å²) in [5.41, 5.74) is 4.05. The fourth-order valence-electron chi connectivity index (χ4n) is 2.95. The monoisotopic (exact) mass is 302 g/mol. The van der Waals surface area contributed by atoms with Gasteiger partial charge >= 0.3 is 0 Å². The topological polar surface area (TPSA) is 43.6 Å². The molecule has 0 bridgehead atoms. The number of rotatable bonds is 1. The Morgan fingerprint density at radius 1 is 0.957 bits per heavy atom. The van der Waals surface area contributed by atoms with Gasteiger partial charge in [0.15, 0.2) is 0 Å². The van der Waals surface area contributed by atoms with Crippen LogP contribution in [0.2, 0.25) is 0 Å². The van der Waals surface area contributed by atoms with Gasteiger partial charge in [0.2, 0.25) is 0 Å². The van der Waals surface area contributed by atoms with Gasteiger partial charge in [-0.05, 0) is 35.7 Å². The van der Waals surface area contributed by atoms with Crippen molar-refractivity contribution < 1.29 is 0 Å². The standard InChI is InChI=1S/C19H18N4/c1-19(2,3)18-15-9-8-14(12-13(15)10-11-20-18)23-17-7-5-4-6-16(17)21-22-23/h4-12H,1-3H3. The minimum Gasteiger partial charge on any atom is -0.260 e. The zero-order chi connectivity index (χ0) is 16.0. The lowest BCUT2D eigenvalue weighted by Gasteiger charge is -2.20. The Morgan fingerprint density at radius 3 is 2.61 bits per heavy atom. The van der Waals surface area contributed by atoms with Gasteiger partial charge in [-0.1, -0.05) is 44.2 Å². The fraction of sp³-hybridized carbons (Fsp3) is 0.211. The summed E-state index contributed by atoms with van der Waals surface area (Å²) in [5, 5.41) is 10.9. The molecule has 4 aromatic rings. The molecule has 114 valence electrons. The first kappa shape index (κ1) is 13.9. The zero-order valence-corrected chi connectivity index (χ0v) is 13.5. The number of hydrogen-bond donors (Lipinski definition) is 0. The molecule has 0 N–H and O–H groups in total. The van der Waals surface area contributed by atoms with Crippen molar-refractivity contribution >= 4 is 21.8 Å². The highest BCUT2D eigenvalue weighted by atomic mass is 15.4. The van der Waals surface area contributed by atoms with Crippen molar-refractivity contribution in [2.45, 2.75) is 26.2 Å². The Hall–Kier alpha value is -2.75. The molecule has 23 heavy (non-hydrogen) atoms. The number of hydrogen-bond acceptors (Lipinski definition) is 3. The quantitative estimate of drug-likeness (QED) is 0.527. The number of aromatic nitrogens is 4. The first-order chi connectivity index (χ1) is 11.0. The van der Waals surface area contributed by atoms with Crippen LogP contribution >= 0.6 is 0 Å². The molecule has 0 atom stereocenters. The molecule has 0 radical (unpaired) electrons. The van der Waals surface area contributed by atoms with Crippen molar-refractivity contribution in [2.24, 2.45) is 0 Å². The second-order valence-corrected chi connectivity index (χ2v) is 6.80. The third-order valence-electron chi connectivity index (χ3n) is 4.05. The maximum absolute atomic E-state index is 4.59. The van der Waals surface area contributed by atoms with Crippen LogP contribution in [0.5, 0.6) is 0 Å². The summed E-state index contributed by atoms with van der Waals surface area (Å²) in [6.07, 6.45) is 1.88. The number of benzene rings is 2. The van der Waals surface area contributed by atoms with E-state index >= 15 is 0 Å². The van der Waals surface area contributed by atoms with E-state index in [0.717, 1.165) is 22.4 Å². The molecule has 0 saturated heterocycles. The van der Waals surface area contributed by atoms with Crippen LogP contribution in [0.15, 0.2) is 54.7 Å². The van der Waals surface area contributed by atoms with E-state index in [4.69, 9.17) is 0 Å². The van der Waals surface area contributed by atoms with Crippen LogP contribution < -0.4 is 0 Å². The summed E-state index contributed by atoms with van der Waals surface area (Å²) in [6.45, 7) is 6.56. The van der Waals surface area contributed by atoms with E-state index in [0.29, 0.717) is 0 Å². The van der Waals surface area contributed by atoms with Gasteiger partial charge in [-0.2, -0.15) is 0 Å². The number of nitrogens with zero attached hydrogens (tertiary/aromatic N) is 4. The van der Waals surface area contributed by atoms with E-state index in [2.05, 4.69) is 54.3 Å². The smallest absolute Gasteiger partial charge is 0.113 e. The molecule has 0 amide bonds. The number of fused-ring (bicyclic) bond motifs is 2. The van der Waals surface area contributed by atoms with Crippen molar-refractivity contribution in [2.75, 3.05) is 0 Å². The summed E-state index contributed by atoms with van der Waals surface area (Å²) in [4.78, 5) is 4.59. The third-order valence-corrected chi connectivity index (χ3v) is 4.05. The molecule has 2 aromatic heterocycles. The summed E-state index contributed by atoms with van der Waals surface area (Å²) >= 11 is 0. The highest BCUT2D eigenvalue weighted by Crippen LogP contribution is 2.29. The molecule has 0 fully saturated rings. The van der Waals surface area contributed by atoms with E-state index < -0.39 is 0 Å². The first-order valence-corrected chi connectivity index (χ1v) is 7.74. The lowest BCUT2D eigenvalue weighted by molar-refractivity contribution is 0.575. The van der Waals surface area contributed by atoms with Crippen molar-refractivity contribution in [3.63, 3.8) is 0 Å². The van der Waals surface area contributed by atoms with Crippen LogP contribution in [0.4, 0.5) is 0 Å². The maximum atomic E-state index is 4.59. The summed E-state index contributed by atoms with van der Waals surface area (Å²) in [5.74, 6) is 0. The van der Waals surface area contributed by atoms with E-state index in [-0.39, 0.29) is 5.41 Å². The fourth-order valence-corrected chi connectivity index (χ4v) is 2.95. The molecule has 0 aliphatic heterocycles. The van der Waals surface area contributed by atoms with Gasteiger partial charge in [0.05, 0.1) is 16.9 Å². The van der Waals surface area contributed by atoms with Crippen LogP contribution in [-0.2, 0) is 5.41 Å². The average Bonchev–Trinajstić information content (AvgIpc) is 2.97. The van der Waals surface area contributed by atoms with Crippen LogP contribution in [0.3, 0.4) is 0 Å². The minimum atomic E-state index is 0.0149. The second kappa shape index (κ2) is 4.88. The molecular weight excluding hydrogens is 284 g/mol. The number of para-hydroxylation sites is 1. The van der Waals surface area contributed by atoms with Crippen molar-refractivity contribution in [3.05, 3.63) is 60.4 Å². The van der Waals surface area contributed by atoms with E-state index in [1.807, 2.05) is 41.2 Å². The predicted molar refractivity (Wildman–Crippen MR) is 92.9 cm³/mol. The van der Waals surface area contributed by atoms with Crippen LogP contribution in [0.25, 0.3) is 27.5 Å². The van der Waals surface area contributed by atoms with E-state index in [9.17, 15) is 0 Å². The van der Waals surface area contributed by atoms with Gasteiger partial charge in [-0.15, -0.1) is 5.10 Å². The summed E-state index contributed by atoms with van der Waals surface area (Å²) in [7, 11) is 0. The van der Waals surface area contributed by atoms with Crippen LogP contribution in [0, 0.1) is 0 Å². The third kappa shape index (κ3) is 2.27.